The maximum atomic E-state index is 5.97. The van der Waals surface area contributed by atoms with E-state index in [-0.39, 0.29) is 11.6 Å². The molecule has 9 heavy (non-hydrogen) atoms. The summed E-state index contributed by atoms with van der Waals surface area (Å²) in [5, 5.41) is 0. The highest BCUT2D eigenvalue weighted by Gasteiger charge is 2.42. The maximum absolute atomic E-state index is 5.97. The second-order valence-corrected chi connectivity index (χ2v) is 3.29. The quantitative estimate of drug-likeness (QED) is 0.451. The Morgan fingerprint density at radius 3 is 2.67 bits per heavy atom. The van der Waals surface area contributed by atoms with Gasteiger partial charge in [0, 0.05) is 11.6 Å². The molecule has 2 nitrogen and oxygen atoms in total. The van der Waals surface area contributed by atoms with E-state index in [0.717, 1.165) is 19.3 Å². The fourth-order valence-electron chi connectivity index (χ4n) is 1.83. The smallest absolute Gasteiger partial charge is 0.0383 e. The molecule has 0 aromatic heterocycles. The fourth-order valence-corrected chi connectivity index (χ4v) is 1.83. The van der Waals surface area contributed by atoms with Crippen molar-refractivity contribution in [2.45, 2.75) is 30.8 Å². The molecule has 2 rings (SSSR count). The third-order valence-electron chi connectivity index (χ3n) is 2.55. The Morgan fingerprint density at radius 1 is 1.67 bits per heavy atom. The summed E-state index contributed by atoms with van der Waals surface area (Å²) < 4.78 is 0. The standard InChI is InChI=1S/C7H12N2/c8-6-3-5-1-2-7(6,9)4-5/h1,6H,2-4,8-9H2. The van der Waals surface area contributed by atoms with Crippen LogP contribution in [0.1, 0.15) is 19.3 Å². The average Bonchev–Trinajstić information content (AvgIpc) is 2.22. The maximum Gasteiger partial charge on any atom is 0.0383 e. The highest BCUT2D eigenvalue weighted by atomic mass is 14.9. The van der Waals surface area contributed by atoms with Crippen molar-refractivity contribution in [3.63, 3.8) is 0 Å². The molecule has 0 saturated heterocycles. The number of fused-ring (bicyclic) bond motifs is 2. The molecule has 0 spiro atoms. The molecule has 0 aromatic rings. The zero-order chi connectivity index (χ0) is 6.48. The van der Waals surface area contributed by atoms with Gasteiger partial charge in [-0.3, -0.25) is 0 Å². The molecule has 0 amide bonds. The van der Waals surface area contributed by atoms with Crippen molar-refractivity contribution in [2.75, 3.05) is 0 Å². The van der Waals surface area contributed by atoms with Crippen molar-refractivity contribution >= 4 is 0 Å². The first-order valence-corrected chi connectivity index (χ1v) is 3.43. The van der Waals surface area contributed by atoms with Gasteiger partial charge in [-0.2, -0.15) is 0 Å². The Labute approximate surface area is 54.9 Å². The van der Waals surface area contributed by atoms with Gasteiger partial charge in [-0.1, -0.05) is 11.6 Å². The largest absolute Gasteiger partial charge is 0.326 e. The van der Waals surface area contributed by atoms with E-state index in [4.69, 9.17) is 11.5 Å². The molecule has 0 radical (unpaired) electrons. The van der Waals surface area contributed by atoms with Gasteiger partial charge in [0.15, 0.2) is 0 Å². The number of rotatable bonds is 0. The molecule has 2 atom stereocenters. The van der Waals surface area contributed by atoms with Crippen LogP contribution in [0.25, 0.3) is 0 Å². The van der Waals surface area contributed by atoms with Crippen LogP contribution in [-0.2, 0) is 0 Å². The van der Waals surface area contributed by atoms with Crippen LogP contribution in [0.2, 0.25) is 0 Å². The van der Waals surface area contributed by atoms with Gasteiger partial charge >= 0.3 is 0 Å². The molecule has 2 bridgehead atoms. The van der Waals surface area contributed by atoms with Crippen LogP contribution in [0.15, 0.2) is 11.6 Å². The zero-order valence-electron chi connectivity index (χ0n) is 5.43. The van der Waals surface area contributed by atoms with Crippen LogP contribution in [0.5, 0.6) is 0 Å². The van der Waals surface area contributed by atoms with E-state index in [1.54, 1.807) is 0 Å². The lowest BCUT2D eigenvalue weighted by atomic mass is 9.92. The number of nitrogens with two attached hydrogens (primary N) is 2. The second kappa shape index (κ2) is 1.39. The van der Waals surface area contributed by atoms with Crippen molar-refractivity contribution in [2.24, 2.45) is 11.5 Å². The van der Waals surface area contributed by atoms with Crippen molar-refractivity contribution < 1.29 is 0 Å². The lowest BCUT2D eigenvalue weighted by molar-refractivity contribution is 0.401. The first-order chi connectivity index (χ1) is 4.21. The Morgan fingerprint density at radius 2 is 2.44 bits per heavy atom. The van der Waals surface area contributed by atoms with E-state index in [2.05, 4.69) is 6.08 Å². The van der Waals surface area contributed by atoms with Crippen molar-refractivity contribution in [1.29, 1.82) is 0 Å². The third-order valence-corrected chi connectivity index (χ3v) is 2.55. The summed E-state index contributed by atoms with van der Waals surface area (Å²) in [7, 11) is 0. The molecular formula is C7H12N2. The average molecular weight is 124 g/mol. The Balaban J connectivity index is 2.33. The molecule has 0 aliphatic heterocycles. The Kier molecular flexibility index (Phi) is 0.838. The van der Waals surface area contributed by atoms with Gasteiger partial charge in [0.2, 0.25) is 0 Å². The second-order valence-electron chi connectivity index (χ2n) is 3.29. The normalized spacial score (nSPS) is 47.8. The summed E-state index contributed by atoms with van der Waals surface area (Å²) in [4.78, 5) is 0. The van der Waals surface area contributed by atoms with E-state index in [0.29, 0.717) is 0 Å². The molecule has 50 valence electrons. The van der Waals surface area contributed by atoms with Crippen molar-refractivity contribution in [1.82, 2.24) is 0 Å². The van der Waals surface area contributed by atoms with E-state index in [1.807, 2.05) is 0 Å². The molecule has 4 N–H and O–H groups in total. The van der Waals surface area contributed by atoms with Gasteiger partial charge in [0.1, 0.15) is 0 Å². The third kappa shape index (κ3) is 0.575. The highest BCUT2D eigenvalue weighted by Crippen LogP contribution is 2.40. The van der Waals surface area contributed by atoms with Crippen LogP contribution < -0.4 is 11.5 Å². The predicted octanol–water partition coefficient (Wildman–Crippen LogP) is 0.135. The molecule has 2 heteroatoms. The highest BCUT2D eigenvalue weighted by molar-refractivity contribution is 5.28. The summed E-state index contributed by atoms with van der Waals surface area (Å²) >= 11 is 0. The molecule has 1 saturated carbocycles. The topological polar surface area (TPSA) is 52.0 Å². The van der Waals surface area contributed by atoms with Crippen molar-refractivity contribution in [3.8, 4) is 0 Å². The summed E-state index contributed by atoms with van der Waals surface area (Å²) in [6.07, 6.45) is 5.33. The molecule has 2 aliphatic carbocycles. The van der Waals surface area contributed by atoms with Gasteiger partial charge in [-0.25, -0.2) is 0 Å². The van der Waals surface area contributed by atoms with Gasteiger partial charge < -0.3 is 11.5 Å². The summed E-state index contributed by atoms with van der Waals surface area (Å²) in [6.45, 7) is 0. The predicted molar refractivity (Wildman–Crippen MR) is 36.8 cm³/mol. The SMILES string of the molecule is NC1CC2=CCC1(N)C2. The Hall–Kier alpha value is -0.340. The molecule has 2 aliphatic rings. The molecular weight excluding hydrogens is 112 g/mol. The van der Waals surface area contributed by atoms with Gasteiger partial charge in [-0.05, 0) is 19.3 Å². The lowest BCUT2D eigenvalue weighted by Gasteiger charge is -2.25. The van der Waals surface area contributed by atoms with Crippen LogP contribution in [0.4, 0.5) is 0 Å². The molecule has 0 aromatic carbocycles. The van der Waals surface area contributed by atoms with E-state index in [1.165, 1.54) is 5.57 Å². The molecule has 0 heterocycles. The number of hydrogen-bond acceptors (Lipinski definition) is 2. The van der Waals surface area contributed by atoms with Gasteiger partial charge in [0.25, 0.3) is 0 Å². The van der Waals surface area contributed by atoms with Crippen molar-refractivity contribution in [3.05, 3.63) is 11.6 Å². The minimum absolute atomic E-state index is 0.0463. The van der Waals surface area contributed by atoms with E-state index < -0.39 is 0 Å². The fraction of sp³-hybridized carbons (Fsp3) is 0.714. The molecule has 1 fully saturated rings. The van der Waals surface area contributed by atoms with Gasteiger partial charge in [0.05, 0.1) is 0 Å². The minimum atomic E-state index is -0.0463. The van der Waals surface area contributed by atoms with Crippen LogP contribution >= 0.6 is 0 Å². The van der Waals surface area contributed by atoms with E-state index in [9.17, 15) is 0 Å². The van der Waals surface area contributed by atoms with Crippen LogP contribution in [0, 0.1) is 0 Å². The Bertz CT molecular complexity index is 174. The van der Waals surface area contributed by atoms with Crippen LogP contribution in [-0.4, -0.2) is 11.6 Å². The summed E-state index contributed by atoms with van der Waals surface area (Å²) in [6, 6.07) is 0.234. The minimum Gasteiger partial charge on any atom is -0.326 e. The zero-order valence-corrected chi connectivity index (χ0v) is 5.43. The van der Waals surface area contributed by atoms with Crippen LogP contribution in [0.3, 0.4) is 0 Å². The monoisotopic (exact) mass is 124 g/mol. The molecule has 2 unspecified atom stereocenters. The number of hydrogen-bond donors (Lipinski definition) is 2. The lowest BCUT2D eigenvalue weighted by Crippen LogP contribution is -2.50. The summed E-state index contributed by atoms with van der Waals surface area (Å²) in [5.41, 5.74) is 13.2. The van der Waals surface area contributed by atoms with Gasteiger partial charge in [-0.15, -0.1) is 0 Å². The van der Waals surface area contributed by atoms with E-state index >= 15 is 0 Å². The first-order valence-electron chi connectivity index (χ1n) is 3.43. The first kappa shape index (κ1) is 5.45. The summed E-state index contributed by atoms with van der Waals surface area (Å²) in [5.74, 6) is 0.